The van der Waals surface area contributed by atoms with E-state index in [4.69, 9.17) is 22.5 Å². The fraction of sp³-hybridized carbons (Fsp3) is 0. The fourth-order valence-electron chi connectivity index (χ4n) is 5.81. The van der Waals surface area contributed by atoms with Crippen LogP contribution in [-0.4, -0.2) is 25.9 Å². The molecule has 6 rings (SSSR count). The third-order valence-electron chi connectivity index (χ3n) is 7.79. The van der Waals surface area contributed by atoms with Crippen LogP contribution < -0.4 is 11.5 Å². The Morgan fingerprint density at radius 3 is 1.04 bits per heavy atom. The van der Waals surface area contributed by atoms with Gasteiger partial charge in [0.1, 0.15) is 21.2 Å². The molecule has 0 aromatic heterocycles. The maximum Gasteiger partial charge on any atom is 0.297 e. The van der Waals surface area contributed by atoms with Crippen molar-refractivity contribution in [1.29, 1.82) is 11.1 Å². The highest BCUT2D eigenvalue weighted by atomic mass is 32.2. The van der Waals surface area contributed by atoms with E-state index in [1.54, 1.807) is 97.1 Å². The maximum atomic E-state index is 12.5. The Labute approximate surface area is 262 Å². The lowest BCUT2D eigenvalue weighted by atomic mass is 9.93. The second-order valence-corrected chi connectivity index (χ2v) is 13.1. The number of hydrogen-bond donors (Lipinski definition) is 6. The molecule has 0 saturated heterocycles. The van der Waals surface area contributed by atoms with Crippen molar-refractivity contribution in [3.05, 3.63) is 97.1 Å². The van der Waals surface area contributed by atoms with Crippen molar-refractivity contribution in [1.82, 2.24) is 0 Å². The first-order valence-corrected chi connectivity index (χ1v) is 16.3. The largest absolute Gasteiger partial charge is 0.396 e. The lowest BCUT2D eigenvalue weighted by molar-refractivity contribution is 0.481. The number of nitrogens with two attached hydrogens (primary N) is 2. The summed E-state index contributed by atoms with van der Waals surface area (Å²) in [7, 11) is -9.70. The number of fused-ring (bicyclic) bond motifs is 2. The lowest BCUT2D eigenvalue weighted by Crippen LogP contribution is -2.05. The zero-order chi connectivity index (χ0) is 33.0. The highest BCUT2D eigenvalue weighted by Crippen LogP contribution is 2.47. The van der Waals surface area contributed by atoms with Gasteiger partial charge in [-0.3, -0.25) is 9.11 Å². The minimum Gasteiger partial charge on any atom is -0.396 e. The Kier molecular flexibility index (Phi) is 7.37. The van der Waals surface area contributed by atoms with E-state index in [1.165, 1.54) is 0 Å². The van der Waals surface area contributed by atoms with Gasteiger partial charge in [-0.25, -0.2) is 11.1 Å². The second kappa shape index (κ2) is 11.1. The van der Waals surface area contributed by atoms with Gasteiger partial charge in [0.15, 0.2) is 0 Å². The molecule has 14 heteroatoms. The van der Waals surface area contributed by atoms with Crippen LogP contribution in [0, 0.1) is 11.1 Å². The fourth-order valence-corrected chi connectivity index (χ4v) is 7.58. The molecule has 0 aliphatic carbocycles. The molecule has 6 aromatic rings. The van der Waals surface area contributed by atoms with Gasteiger partial charge in [0.2, 0.25) is 0 Å². The second-order valence-electron chi connectivity index (χ2n) is 10.4. The first-order chi connectivity index (χ1) is 21.9. The summed E-state index contributed by atoms with van der Waals surface area (Å²) in [6.07, 6.45) is 0. The normalized spacial score (nSPS) is 12.0. The number of benzene rings is 6. The molecule has 8 N–H and O–H groups in total. The van der Waals surface area contributed by atoms with Crippen LogP contribution in [0.25, 0.3) is 54.9 Å². The third-order valence-corrected chi connectivity index (χ3v) is 9.61. The minimum atomic E-state index is -4.85. The molecule has 0 radical (unpaired) electrons. The van der Waals surface area contributed by atoms with Gasteiger partial charge in [0.05, 0.1) is 11.4 Å². The minimum absolute atomic E-state index is 0.0479. The van der Waals surface area contributed by atoms with E-state index in [2.05, 4.69) is 10.2 Å². The molecule has 230 valence electrons. The molecule has 0 bridgehead atoms. The molecule has 0 atom stereocenters. The van der Waals surface area contributed by atoms with Crippen LogP contribution in [0.2, 0.25) is 0 Å². The molecule has 46 heavy (non-hydrogen) atoms. The van der Waals surface area contributed by atoms with E-state index in [0.717, 1.165) is 0 Å². The van der Waals surface area contributed by atoms with Crippen LogP contribution >= 0.6 is 0 Å². The first kappa shape index (κ1) is 30.5. The van der Waals surface area contributed by atoms with E-state index in [9.17, 15) is 25.9 Å². The van der Waals surface area contributed by atoms with Gasteiger partial charge < -0.3 is 11.5 Å². The highest BCUT2D eigenvalue weighted by molar-refractivity contribution is 7.86. The average Bonchev–Trinajstić information content (AvgIpc) is 3.04. The Morgan fingerprint density at radius 2 is 0.761 bits per heavy atom. The summed E-state index contributed by atoms with van der Waals surface area (Å²) in [4.78, 5) is -1.14. The summed E-state index contributed by atoms with van der Waals surface area (Å²) < 4.78 is 70.5. The summed E-state index contributed by atoms with van der Waals surface area (Å²) in [5.74, 6) is 0. The van der Waals surface area contributed by atoms with Gasteiger partial charge in [-0.1, -0.05) is 97.1 Å². The van der Waals surface area contributed by atoms with Crippen molar-refractivity contribution in [3.8, 4) is 33.4 Å². The van der Waals surface area contributed by atoms with Crippen molar-refractivity contribution in [2.45, 2.75) is 9.79 Å². The monoisotopic (exact) mass is 652 g/mol. The first-order valence-electron chi connectivity index (χ1n) is 13.5. The van der Waals surface area contributed by atoms with Gasteiger partial charge in [-0.2, -0.15) is 27.1 Å². The Balaban J connectivity index is 1.49. The molecular formula is C32H24N6O6S2. The van der Waals surface area contributed by atoms with Gasteiger partial charge >= 0.3 is 0 Å². The summed E-state index contributed by atoms with van der Waals surface area (Å²) in [6.45, 7) is 0. The SMILES string of the molecule is N=Nc1c(S(=O)(=O)O)c(-c2ccc(-c3ccc(-c4c(S(=O)(=O)O)c(N=N)c(N)c5ccccc45)cc3)cc2)c2ccccc2c1N. The number of anilines is 2. The summed E-state index contributed by atoms with van der Waals surface area (Å²) in [5, 5.41) is 8.50. The van der Waals surface area contributed by atoms with Crippen molar-refractivity contribution < 1.29 is 25.9 Å². The molecule has 0 aliphatic rings. The summed E-state index contributed by atoms with van der Waals surface area (Å²) in [6, 6.07) is 27.1. The van der Waals surface area contributed by atoms with Gasteiger partial charge in [-0.05, 0) is 33.0 Å². The van der Waals surface area contributed by atoms with Crippen LogP contribution in [0.4, 0.5) is 22.7 Å². The van der Waals surface area contributed by atoms with Gasteiger partial charge in [0, 0.05) is 21.9 Å². The van der Waals surface area contributed by atoms with E-state index in [0.29, 0.717) is 43.8 Å². The number of rotatable bonds is 7. The molecule has 0 amide bonds. The smallest absolute Gasteiger partial charge is 0.297 e. The Morgan fingerprint density at radius 1 is 0.478 bits per heavy atom. The lowest BCUT2D eigenvalue weighted by Gasteiger charge is -2.17. The van der Waals surface area contributed by atoms with Crippen LogP contribution in [0.3, 0.4) is 0 Å². The molecule has 12 nitrogen and oxygen atoms in total. The Hall–Kier alpha value is -5.54. The zero-order valence-electron chi connectivity index (χ0n) is 23.6. The number of nitrogens with one attached hydrogen (secondary N) is 2. The van der Waals surface area contributed by atoms with E-state index in [1.807, 2.05) is 0 Å². The van der Waals surface area contributed by atoms with Gasteiger partial charge in [0.25, 0.3) is 20.2 Å². The molecule has 0 spiro atoms. The van der Waals surface area contributed by atoms with E-state index in [-0.39, 0.29) is 33.9 Å². The molecule has 0 unspecified atom stereocenters. The summed E-state index contributed by atoms with van der Waals surface area (Å²) >= 11 is 0. The summed E-state index contributed by atoms with van der Waals surface area (Å²) in [5.41, 5.74) is 29.2. The standard InChI is InChI=1S/C32H24N6O6S2/c33-27-23-7-3-1-5-21(23)25(31(29(27)37-35)45(39,40)41)19-13-9-17(10-14-19)18-11-15-20(16-12-18)26-22-6-2-4-8-24(22)28(34)30(38-36)32(26)46(42,43)44/h1-16,35-36H,33-34H2,(H,39,40,41)(H,42,43,44). The maximum absolute atomic E-state index is 12.5. The zero-order valence-corrected chi connectivity index (χ0v) is 25.3. The topological polar surface area (TPSA) is 233 Å². The molecule has 0 fully saturated rings. The van der Waals surface area contributed by atoms with Crippen molar-refractivity contribution in [2.24, 2.45) is 10.2 Å². The number of hydrogen-bond acceptors (Lipinski definition) is 10. The van der Waals surface area contributed by atoms with Crippen LogP contribution in [0.5, 0.6) is 0 Å². The predicted octanol–water partition coefficient (Wildman–Crippen LogP) is 7.98. The quantitative estimate of drug-likeness (QED) is 0.0560. The Bertz CT molecular complexity index is 2290. The molecule has 0 heterocycles. The molecule has 6 aromatic carbocycles. The van der Waals surface area contributed by atoms with Crippen molar-refractivity contribution in [3.63, 3.8) is 0 Å². The van der Waals surface area contributed by atoms with Crippen molar-refractivity contribution >= 4 is 64.5 Å². The van der Waals surface area contributed by atoms with Crippen molar-refractivity contribution in [2.75, 3.05) is 11.5 Å². The number of nitrogen functional groups attached to an aromatic ring is 2. The predicted molar refractivity (Wildman–Crippen MR) is 176 cm³/mol. The van der Waals surface area contributed by atoms with Crippen LogP contribution in [-0.2, 0) is 20.2 Å². The van der Waals surface area contributed by atoms with E-state index >= 15 is 0 Å². The molecule has 0 saturated carbocycles. The third kappa shape index (κ3) is 4.95. The van der Waals surface area contributed by atoms with Crippen LogP contribution in [0.1, 0.15) is 0 Å². The van der Waals surface area contributed by atoms with E-state index < -0.39 is 30.0 Å². The average molecular weight is 653 g/mol. The number of nitrogens with zero attached hydrogens (tertiary/aromatic N) is 2. The molecular weight excluding hydrogens is 629 g/mol. The van der Waals surface area contributed by atoms with Crippen LogP contribution in [0.15, 0.2) is 117 Å². The van der Waals surface area contributed by atoms with Gasteiger partial charge in [-0.15, -0.1) is 0 Å². The highest BCUT2D eigenvalue weighted by Gasteiger charge is 2.29. The molecule has 0 aliphatic heterocycles.